The van der Waals surface area contributed by atoms with Crippen molar-refractivity contribution < 1.29 is 0 Å². The molecule has 1 N–H and O–H groups in total. The van der Waals surface area contributed by atoms with E-state index in [1.54, 1.807) is 6.20 Å². The quantitative estimate of drug-likeness (QED) is 0.834. The molecule has 1 aliphatic rings. The number of anilines is 1. The molecule has 0 aliphatic carbocycles. The molecule has 2 heterocycles. The molecule has 0 bridgehead atoms. The molecule has 2 unspecified atom stereocenters. The van der Waals surface area contributed by atoms with Crippen LogP contribution in [0.4, 0.5) is 5.69 Å². The summed E-state index contributed by atoms with van der Waals surface area (Å²) in [6.45, 7) is 8.07. The van der Waals surface area contributed by atoms with Crippen molar-refractivity contribution in [1.82, 2.24) is 9.88 Å². The predicted octanol–water partition coefficient (Wildman–Crippen LogP) is 4.03. The number of aromatic nitrogens is 1. The second-order valence-corrected chi connectivity index (χ2v) is 6.44. The van der Waals surface area contributed by atoms with Crippen molar-refractivity contribution in [1.29, 1.82) is 0 Å². The number of likely N-dealkylation sites (tertiary alicyclic amines) is 1. The van der Waals surface area contributed by atoms with Gasteiger partial charge in [0.25, 0.3) is 0 Å². The zero-order chi connectivity index (χ0) is 13.8. The minimum absolute atomic E-state index is 0.448. The molecule has 0 radical (unpaired) electrons. The molecule has 0 aromatic carbocycles. The van der Waals surface area contributed by atoms with Crippen LogP contribution in [0.3, 0.4) is 0 Å². The van der Waals surface area contributed by atoms with Crippen molar-refractivity contribution in [2.75, 3.05) is 25.0 Å². The first-order chi connectivity index (χ1) is 9.10. The molecule has 1 aliphatic heterocycles. The van der Waals surface area contributed by atoms with Gasteiger partial charge >= 0.3 is 0 Å². The third-order valence-electron chi connectivity index (χ3n) is 3.89. The van der Waals surface area contributed by atoms with Gasteiger partial charge in [0, 0.05) is 12.6 Å². The van der Waals surface area contributed by atoms with Crippen LogP contribution in [0, 0.1) is 5.92 Å². The minimum atomic E-state index is 0.448. The maximum Gasteiger partial charge on any atom is 0.143 e. The number of nitrogens with zero attached hydrogens (tertiary/aromatic N) is 2. The first kappa shape index (κ1) is 15.1. The monoisotopic (exact) mass is 345 g/mol. The average Bonchev–Trinajstić information content (AvgIpc) is 2.43. The highest BCUT2D eigenvalue weighted by molar-refractivity contribution is 9.10. The number of piperidine rings is 1. The molecule has 1 fully saturated rings. The molecule has 0 spiro atoms. The molecule has 5 heteroatoms. The van der Waals surface area contributed by atoms with E-state index in [1.807, 2.05) is 6.07 Å². The van der Waals surface area contributed by atoms with Crippen LogP contribution in [0.5, 0.6) is 0 Å². The third kappa shape index (κ3) is 4.07. The molecule has 0 amide bonds. The summed E-state index contributed by atoms with van der Waals surface area (Å²) in [5.41, 5.74) is 1.03. The van der Waals surface area contributed by atoms with Gasteiger partial charge in [-0.05, 0) is 60.8 Å². The standard InChI is InChI=1S/C14H21BrClN3/c1-3-19-6-4-5-11(9-19)10(2)18-12-7-13(15)14(16)17-8-12/h7-8,10-11,18H,3-6,9H2,1-2H3. The van der Waals surface area contributed by atoms with E-state index in [4.69, 9.17) is 11.6 Å². The van der Waals surface area contributed by atoms with Gasteiger partial charge in [0.1, 0.15) is 5.15 Å². The van der Waals surface area contributed by atoms with Gasteiger partial charge in [-0.25, -0.2) is 4.98 Å². The summed E-state index contributed by atoms with van der Waals surface area (Å²) >= 11 is 9.32. The molecule has 0 saturated carbocycles. The molecule has 2 rings (SSSR count). The fraction of sp³-hybridized carbons (Fsp3) is 0.643. The van der Waals surface area contributed by atoms with Crippen LogP contribution in [0.15, 0.2) is 16.7 Å². The van der Waals surface area contributed by atoms with Crippen molar-refractivity contribution in [2.45, 2.75) is 32.7 Å². The van der Waals surface area contributed by atoms with Crippen molar-refractivity contribution in [2.24, 2.45) is 5.92 Å². The summed E-state index contributed by atoms with van der Waals surface area (Å²) in [6.07, 6.45) is 4.39. The largest absolute Gasteiger partial charge is 0.381 e. The van der Waals surface area contributed by atoms with Crippen LogP contribution < -0.4 is 5.32 Å². The summed E-state index contributed by atoms with van der Waals surface area (Å²) in [4.78, 5) is 6.68. The summed E-state index contributed by atoms with van der Waals surface area (Å²) in [7, 11) is 0. The van der Waals surface area contributed by atoms with E-state index >= 15 is 0 Å². The lowest BCUT2D eigenvalue weighted by Gasteiger charge is -2.35. The zero-order valence-electron chi connectivity index (χ0n) is 11.5. The Labute approximate surface area is 128 Å². The number of rotatable bonds is 4. The van der Waals surface area contributed by atoms with Gasteiger partial charge in [0.15, 0.2) is 0 Å². The second-order valence-electron chi connectivity index (χ2n) is 5.23. The SMILES string of the molecule is CCN1CCCC(C(C)Nc2cnc(Cl)c(Br)c2)C1. The predicted molar refractivity (Wildman–Crippen MR) is 84.9 cm³/mol. The Balaban J connectivity index is 1.96. The zero-order valence-corrected chi connectivity index (χ0v) is 13.8. The van der Waals surface area contributed by atoms with Crippen LogP contribution in [-0.4, -0.2) is 35.6 Å². The number of pyridine rings is 1. The molecule has 3 nitrogen and oxygen atoms in total. The van der Waals surface area contributed by atoms with Crippen molar-refractivity contribution in [3.63, 3.8) is 0 Å². The van der Waals surface area contributed by atoms with Gasteiger partial charge in [0.2, 0.25) is 0 Å². The topological polar surface area (TPSA) is 28.2 Å². The van der Waals surface area contributed by atoms with E-state index in [1.165, 1.54) is 25.9 Å². The Morgan fingerprint density at radius 3 is 3.11 bits per heavy atom. The molecule has 106 valence electrons. The lowest BCUT2D eigenvalue weighted by Crippen LogP contribution is -2.41. The Bertz CT molecular complexity index is 427. The van der Waals surface area contributed by atoms with Gasteiger partial charge in [-0.3, -0.25) is 0 Å². The number of hydrogen-bond donors (Lipinski definition) is 1. The maximum absolute atomic E-state index is 5.91. The van der Waals surface area contributed by atoms with Crippen LogP contribution in [0.2, 0.25) is 5.15 Å². The molecule has 1 saturated heterocycles. The Morgan fingerprint density at radius 1 is 1.63 bits per heavy atom. The highest BCUT2D eigenvalue weighted by Gasteiger charge is 2.23. The normalized spacial score (nSPS) is 22.2. The molecule has 1 aromatic rings. The fourth-order valence-electron chi connectivity index (χ4n) is 2.67. The minimum Gasteiger partial charge on any atom is -0.381 e. The molecule has 2 atom stereocenters. The molecular weight excluding hydrogens is 326 g/mol. The van der Waals surface area contributed by atoms with Crippen LogP contribution in [0.1, 0.15) is 26.7 Å². The van der Waals surface area contributed by atoms with E-state index in [-0.39, 0.29) is 0 Å². The molecule has 19 heavy (non-hydrogen) atoms. The number of hydrogen-bond acceptors (Lipinski definition) is 3. The third-order valence-corrected chi connectivity index (χ3v) is 5.02. The Kier molecular flexibility index (Phi) is 5.48. The highest BCUT2D eigenvalue weighted by Crippen LogP contribution is 2.26. The van der Waals surface area contributed by atoms with E-state index < -0.39 is 0 Å². The van der Waals surface area contributed by atoms with Crippen LogP contribution in [-0.2, 0) is 0 Å². The van der Waals surface area contributed by atoms with Gasteiger partial charge in [-0.2, -0.15) is 0 Å². The average molecular weight is 347 g/mol. The van der Waals surface area contributed by atoms with Gasteiger partial charge in [-0.1, -0.05) is 18.5 Å². The highest BCUT2D eigenvalue weighted by atomic mass is 79.9. The van der Waals surface area contributed by atoms with Crippen LogP contribution in [0.25, 0.3) is 0 Å². The van der Waals surface area contributed by atoms with E-state index in [9.17, 15) is 0 Å². The van der Waals surface area contributed by atoms with E-state index in [0.29, 0.717) is 17.1 Å². The first-order valence-corrected chi connectivity index (χ1v) is 8.07. The Hall–Kier alpha value is -0.320. The van der Waals surface area contributed by atoms with Crippen LogP contribution >= 0.6 is 27.5 Å². The van der Waals surface area contributed by atoms with Gasteiger partial charge in [-0.15, -0.1) is 0 Å². The first-order valence-electron chi connectivity index (χ1n) is 6.90. The lowest BCUT2D eigenvalue weighted by molar-refractivity contribution is 0.172. The van der Waals surface area contributed by atoms with E-state index in [0.717, 1.165) is 16.7 Å². The Morgan fingerprint density at radius 2 is 2.42 bits per heavy atom. The molecular formula is C14H21BrClN3. The summed E-state index contributed by atoms with van der Waals surface area (Å²) < 4.78 is 0.838. The van der Waals surface area contributed by atoms with Crippen molar-refractivity contribution >= 4 is 33.2 Å². The smallest absolute Gasteiger partial charge is 0.143 e. The number of halogens is 2. The van der Waals surface area contributed by atoms with Crippen molar-refractivity contribution in [3.05, 3.63) is 21.9 Å². The second kappa shape index (κ2) is 6.91. The summed E-state index contributed by atoms with van der Waals surface area (Å²) in [6, 6.07) is 2.44. The summed E-state index contributed by atoms with van der Waals surface area (Å²) in [5.74, 6) is 0.697. The van der Waals surface area contributed by atoms with Gasteiger partial charge in [0.05, 0.1) is 16.4 Å². The van der Waals surface area contributed by atoms with Gasteiger partial charge < -0.3 is 10.2 Å². The maximum atomic E-state index is 5.91. The van der Waals surface area contributed by atoms with E-state index in [2.05, 4.69) is 45.0 Å². The number of nitrogens with one attached hydrogen (secondary N) is 1. The van der Waals surface area contributed by atoms with Crippen molar-refractivity contribution in [3.8, 4) is 0 Å². The molecule has 1 aromatic heterocycles. The fourth-order valence-corrected chi connectivity index (χ4v) is 3.12. The lowest BCUT2D eigenvalue weighted by atomic mass is 9.91. The summed E-state index contributed by atoms with van der Waals surface area (Å²) in [5, 5.41) is 4.05.